The molecule has 1 amide bonds. The Labute approximate surface area is 131 Å². The minimum absolute atomic E-state index is 0.0830. The number of nitrogens with one attached hydrogen (secondary N) is 2. The fraction of sp³-hybridized carbons (Fsp3) is 0.500. The van der Waals surface area contributed by atoms with E-state index in [2.05, 4.69) is 43.5 Å². The quantitative estimate of drug-likeness (QED) is 0.916. The van der Waals surface area contributed by atoms with E-state index in [4.69, 9.17) is 4.42 Å². The molecule has 2 heterocycles. The molecule has 1 aliphatic rings. The molecule has 2 N–H and O–H groups in total. The van der Waals surface area contributed by atoms with Gasteiger partial charge in [0.2, 0.25) is 5.91 Å². The van der Waals surface area contributed by atoms with Crippen molar-refractivity contribution >= 4 is 16.9 Å². The normalized spacial score (nSPS) is 22.0. The maximum Gasteiger partial charge on any atom is 0.224 e. The Kier molecular flexibility index (Phi) is 4.21. The number of amides is 1. The van der Waals surface area contributed by atoms with Crippen LogP contribution in [0.15, 0.2) is 22.8 Å². The number of aryl methyl sites for hydroxylation is 2. The van der Waals surface area contributed by atoms with E-state index in [1.807, 2.05) is 0 Å². The van der Waals surface area contributed by atoms with Gasteiger partial charge in [-0.25, -0.2) is 0 Å². The number of benzene rings is 1. The standard InChI is InChI=1S/C18H24N2O2/c1-11-4-5-15-14(10-22-18(15)13(11)3)8-17(21)20-16-6-7-19-9-12(16)2/h4-5,10,12,16,19H,6-9H2,1-3H3,(H,20,21). The van der Waals surface area contributed by atoms with Crippen molar-refractivity contribution in [2.75, 3.05) is 13.1 Å². The number of furan rings is 1. The van der Waals surface area contributed by atoms with Crippen molar-refractivity contribution in [1.29, 1.82) is 0 Å². The molecule has 0 aliphatic carbocycles. The zero-order chi connectivity index (χ0) is 15.7. The first-order valence-corrected chi connectivity index (χ1v) is 8.02. The van der Waals surface area contributed by atoms with Gasteiger partial charge in [0, 0.05) is 17.0 Å². The summed E-state index contributed by atoms with van der Waals surface area (Å²) in [5.41, 5.74) is 4.23. The lowest BCUT2D eigenvalue weighted by molar-refractivity contribution is -0.121. The van der Waals surface area contributed by atoms with Crippen LogP contribution < -0.4 is 10.6 Å². The number of hydrogen-bond donors (Lipinski definition) is 2. The molecule has 4 heteroatoms. The fourth-order valence-electron chi connectivity index (χ4n) is 3.18. The van der Waals surface area contributed by atoms with E-state index in [-0.39, 0.29) is 11.9 Å². The molecule has 2 atom stereocenters. The molecule has 22 heavy (non-hydrogen) atoms. The molecule has 4 nitrogen and oxygen atoms in total. The molecule has 1 aromatic carbocycles. The van der Waals surface area contributed by atoms with Crippen LogP contribution in [0.4, 0.5) is 0 Å². The second-order valence-electron chi connectivity index (χ2n) is 6.47. The van der Waals surface area contributed by atoms with Gasteiger partial charge in [0.25, 0.3) is 0 Å². The summed E-state index contributed by atoms with van der Waals surface area (Å²) in [5, 5.41) is 7.58. The van der Waals surface area contributed by atoms with Gasteiger partial charge in [-0.15, -0.1) is 0 Å². The van der Waals surface area contributed by atoms with Crippen LogP contribution >= 0.6 is 0 Å². The lowest BCUT2D eigenvalue weighted by Crippen LogP contribution is -2.48. The second-order valence-corrected chi connectivity index (χ2v) is 6.47. The van der Waals surface area contributed by atoms with Crippen LogP contribution in [-0.4, -0.2) is 25.0 Å². The lowest BCUT2D eigenvalue weighted by Gasteiger charge is -2.30. The number of piperidine rings is 1. The van der Waals surface area contributed by atoms with E-state index >= 15 is 0 Å². The molecule has 1 saturated heterocycles. The lowest BCUT2D eigenvalue weighted by atomic mass is 9.95. The topological polar surface area (TPSA) is 54.3 Å². The summed E-state index contributed by atoms with van der Waals surface area (Å²) in [7, 11) is 0. The Morgan fingerprint density at radius 1 is 1.41 bits per heavy atom. The van der Waals surface area contributed by atoms with Crippen molar-refractivity contribution in [3.05, 3.63) is 35.1 Å². The smallest absolute Gasteiger partial charge is 0.224 e. The highest BCUT2D eigenvalue weighted by molar-refractivity contribution is 5.89. The number of rotatable bonds is 3. The molecule has 0 radical (unpaired) electrons. The molecular formula is C18H24N2O2. The maximum atomic E-state index is 12.3. The van der Waals surface area contributed by atoms with Gasteiger partial charge in [-0.05, 0) is 50.4 Å². The summed E-state index contributed by atoms with van der Waals surface area (Å²) >= 11 is 0. The zero-order valence-corrected chi connectivity index (χ0v) is 13.5. The summed E-state index contributed by atoms with van der Waals surface area (Å²) in [6.07, 6.45) is 3.10. The third-order valence-electron chi connectivity index (χ3n) is 4.82. The molecule has 1 aromatic heterocycles. The zero-order valence-electron chi connectivity index (χ0n) is 13.5. The third-order valence-corrected chi connectivity index (χ3v) is 4.82. The van der Waals surface area contributed by atoms with Gasteiger partial charge < -0.3 is 15.1 Å². The largest absolute Gasteiger partial charge is 0.464 e. The third kappa shape index (κ3) is 2.88. The summed E-state index contributed by atoms with van der Waals surface area (Å²) in [4.78, 5) is 12.3. The summed E-state index contributed by atoms with van der Waals surface area (Å²) in [6.45, 7) is 8.25. The second kappa shape index (κ2) is 6.13. The minimum Gasteiger partial charge on any atom is -0.464 e. The molecule has 118 valence electrons. The van der Waals surface area contributed by atoms with E-state index in [0.29, 0.717) is 12.3 Å². The first kappa shape index (κ1) is 15.1. The molecule has 2 unspecified atom stereocenters. The Morgan fingerprint density at radius 3 is 3.00 bits per heavy atom. The first-order valence-electron chi connectivity index (χ1n) is 8.02. The highest BCUT2D eigenvalue weighted by Gasteiger charge is 2.23. The summed E-state index contributed by atoms with van der Waals surface area (Å²) in [6, 6.07) is 4.41. The number of carbonyl (C=O) groups excluding carboxylic acids is 1. The van der Waals surface area contributed by atoms with Crippen molar-refractivity contribution in [2.45, 2.75) is 39.7 Å². The van der Waals surface area contributed by atoms with Crippen molar-refractivity contribution in [2.24, 2.45) is 5.92 Å². The van der Waals surface area contributed by atoms with Gasteiger partial charge in [0.1, 0.15) is 5.58 Å². The van der Waals surface area contributed by atoms with Gasteiger partial charge in [-0.2, -0.15) is 0 Å². The predicted octanol–water partition coefficient (Wildman–Crippen LogP) is 2.71. The molecule has 0 bridgehead atoms. The Balaban J connectivity index is 1.73. The first-order chi connectivity index (χ1) is 10.6. The SMILES string of the molecule is Cc1ccc2c(CC(=O)NC3CCNCC3C)coc2c1C. The fourth-order valence-corrected chi connectivity index (χ4v) is 3.18. The monoisotopic (exact) mass is 300 g/mol. The van der Waals surface area contributed by atoms with Gasteiger partial charge in [-0.3, -0.25) is 4.79 Å². The average molecular weight is 300 g/mol. The molecule has 2 aromatic rings. The molecule has 1 fully saturated rings. The summed E-state index contributed by atoms with van der Waals surface area (Å²) < 4.78 is 5.68. The predicted molar refractivity (Wildman–Crippen MR) is 88.0 cm³/mol. The van der Waals surface area contributed by atoms with E-state index in [9.17, 15) is 4.79 Å². The average Bonchev–Trinajstić information content (AvgIpc) is 2.89. The number of hydrogen-bond acceptors (Lipinski definition) is 3. The van der Waals surface area contributed by atoms with Crippen LogP contribution in [0.1, 0.15) is 30.0 Å². The molecule has 1 aliphatic heterocycles. The van der Waals surface area contributed by atoms with Crippen LogP contribution in [0, 0.1) is 19.8 Å². The van der Waals surface area contributed by atoms with Crippen molar-refractivity contribution in [1.82, 2.24) is 10.6 Å². The molecule has 0 saturated carbocycles. The van der Waals surface area contributed by atoms with E-state index in [0.717, 1.165) is 41.6 Å². The van der Waals surface area contributed by atoms with Crippen molar-refractivity contribution in [3.8, 4) is 0 Å². The Morgan fingerprint density at radius 2 is 2.23 bits per heavy atom. The van der Waals surface area contributed by atoms with E-state index in [1.165, 1.54) is 5.56 Å². The number of carbonyl (C=O) groups is 1. The van der Waals surface area contributed by atoms with Crippen LogP contribution in [0.3, 0.4) is 0 Å². The van der Waals surface area contributed by atoms with E-state index in [1.54, 1.807) is 6.26 Å². The molecular weight excluding hydrogens is 276 g/mol. The molecule has 3 rings (SSSR count). The highest BCUT2D eigenvalue weighted by atomic mass is 16.3. The van der Waals surface area contributed by atoms with Gasteiger partial charge in [0.05, 0.1) is 12.7 Å². The molecule has 0 spiro atoms. The van der Waals surface area contributed by atoms with Crippen LogP contribution in [0.25, 0.3) is 11.0 Å². The summed E-state index contributed by atoms with van der Waals surface area (Å²) in [5.74, 6) is 0.559. The van der Waals surface area contributed by atoms with Crippen LogP contribution in [0.5, 0.6) is 0 Å². The minimum atomic E-state index is 0.0830. The van der Waals surface area contributed by atoms with Crippen molar-refractivity contribution < 1.29 is 9.21 Å². The highest BCUT2D eigenvalue weighted by Crippen LogP contribution is 2.26. The number of fused-ring (bicyclic) bond motifs is 1. The van der Waals surface area contributed by atoms with Gasteiger partial charge in [-0.1, -0.05) is 19.1 Å². The van der Waals surface area contributed by atoms with E-state index < -0.39 is 0 Å². The van der Waals surface area contributed by atoms with Gasteiger partial charge >= 0.3 is 0 Å². The Bertz CT molecular complexity index is 690. The van der Waals surface area contributed by atoms with Crippen LogP contribution in [0.2, 0.25) is 0 Å². The maximum absolute atomic E-state index is 12.3. The Hall–Kier alpha value is -1.81. The van der Waals surface area contributed by atoms with Crippen LogP contribution in [-0.2, 0) is 11.2 Å². The van der Waals surface area contributed by atoms with Crippen molar-refractivity contribution in [3.63, 3.8) is 0 Å². The van der Waals surface area contributed by atoms with Gasteiger partial charge in [0.15, 0.2) is 0 Å².